The lowest BCUT2D eigenvalue weighted by atomic mass is 10.0. The minimum Gasteiger partial charge on any atom is -0.506 e. The summed E-state index contributed by atoms with van der Waals surface area (Å²) < 4.78 is 0. The molecule has 0 fully saturated rings. The first-order valence-electron chi connectivity index (χ1n) is 7.28. The minimum absolute atomic E-state index is 0.0226. The van der Waals surface area contributed by atoms with E-state index in [1.165, 1.54) is 12.1 Å². The van der Waals surface area contributed by atoms with Crippen LogP contribution in [0.25, 0.3) is 10.8 Å². The zero-order chi connectivity index (χ0) is 17.1. The lowest BCUT2D eigenvalue weighted by Gasteiger charge is -2.09. The van der Waals surface area contributed by atoms with Crippen molar-refractivity contribution >= 4 is 28.1 Å². The summed E-state index contributed by atoms with van der Waals surface area (Å²) in [5.41, 5.74) is 0.665. The number of nitrogens with one attached hydrogen (secondary N) is 1. The second kappa shape index (κ2) is 6.37. The Hall–Kier alpha value is -3.41. The highest BCUT2D eigenvalue weighted by atomic mass is 16.6. The summed E-state index contributed by atoms with van der Waals surface area (Å²) in [5, 5.41) is 25.1. The van der Waals surface area contributed by atoms with Crippen LogP contribution in [0.3, 0.4) is 0 Å². The van der Waals surface area contributed by atoms with Crippen LogP contribution in [-0.4, -0.2) is 15.9 Å². The van der Waals surface area contributed by atoms with Gasteiger partial charge in [0.1, 0.15) is 5.75 Å². The van der Waals surface area contributed by atoms with Crippen molar-refractivity contribution in [3.05, 3.63) is 76.3 Å². The summed E-state index contributed by atoms with van der Waals surface area (Å²) in [7, 11) is 0. The fraction of sp³-hybridized carbons (Fsp3) is 0.0556. The topological polar surface area (TPSA) is 92.5 Å². The van der Waals surface area contributed by atoms with Crippen LogP contribution in [0.15, 0.2) is 60.7 Å². The summed E-state index contributed by atoms with van der Waals surface area (Å²) >= 11 is 0. The molecule has 0 aliphatic rings. The minimum atomic E-state index is -0.584. The Balaban J connectivity index is 1.83. The SMILES string of the molecule is O=C(Cc1cccc2ccccc12)Nc1cc([N+](=O)[O-])ccc1O. The molecule has 120 valence electrons. The summed E-state index contributed by atoms with van der Waals surface area (Å²) in [6.07, 6.45) is 0.101. The van der Waals surface area contributed by atoms with Gasteiger partial charge in [-0.15, -0.1) is 0 Å². The van der Waals surface area contributed by atoms with E-state index in [1.807, 2.05) is 42.5 Å². The number of amides is 1. The molecule has 0 aliphatic carbocycles. The molecule has 0 aromatic heterocycles. The Morgan fingerprint density at radius 1 is 1.08 bits per heavy atom. The number of phenols is 1. The molecule has 0 bridgehead atoms. The first-order chi connectivity index (χ1) is 11.5. The van der Waals surface area contributed by atoms with Crippen LogP contribution < -0.4 is 5.32 Å². The van der Waals surface area contributed by atoms with E-state index in [0.717, 1.165) is 22.4 Å². The molecule has 6 heteroatoms. The molecule has 0 aliphatic heterocycles. The van der Waals surface area contributed by atoms with Gasteiger partial charge in [0.25, 0.3) is 5.69 Å². The van der Waals surface area contributed by atoms with Crippen molar-refractivity contribution < 1.29 is 14.8 Å². The summed E-state index contributed by atoms with van der Waals surface area (Å²) in [6, 6.07) is 16.9. The van der Waals surface area contributed by atoms with Gasteiger partial charge in [-0.05, 0) is 22.4 Å². The highest BCUT2D eigenvalue weighted by molar-refractivity contribution is 5.97. The molecular formula is C18H14N2O4. The fourth-order valence-corrected chi connectivity index (χ4v) is 2.55. The Kier molecular flexibility index (Phi) is 4.11. The molecule has 3 aromatic carbocycles. The number of hydrogen-bond acceptors (Lipinski definition) is 4. The van der Waals surface area contributed by atoms with Gasteiger partial charge in [-0.3, -0.25) is 14.9 Å². The molecule has 1 amide bonds. The molecule has 0 saturated heterocycles. The van der Waals surface area contributed by atoms with Crippen LogP contribution in [-0.2, 0) is 11.2 Å². The molecule has 0 spiro atoms. The fourth-order valence-electron chi connectivity index (χ4n) is 2.55. The molecule has 24 heavy (non-hydrogen) atoms. The van der Waals surface area contributed by atoms with E-state index >= 15 is 0 Å². The number of anilines is 1. The second-order valence-electron chi connectivity index (χ2n) is 5.32. The Labute approximate surface area is 137 Å². The van der Waals surface area contributed by atoms with Gasteiger partial charge in [-0.25, -0.2) is 0 Å². The molecule has 0 radical (unpaired) electrons. The predicted molar refractivity (Wildman–Crippen MR) is 91.0 cm³/mol. The third kappa shape index (κ3) is 3.17. The third-order valence-corrected chi connectivity index (χ3v) is 3.70. The molecule has 0 atom stereocenters. The number of non-ortho nitro benzene ring substituents is 1. The number of aromatic hydroxyl groups is 1. The number of nitrogens with zero attached hydrogens (tertiary/aromatic N) is 1. The Morgan fingerprint density at radius 2 is 1.83 bits per heavy atom. The number of benzene rings is 3. The molecular weight excluding hydrogens is 308 g/mol. The van der Waals surface area contributed by atoms with Gasteiger partial charge in [0, 0.05) is 12.1 Å². The maximum absolute atomic E-state index is 12.3. The molecule has 0 unspecified atom stereocenters. The van der Waals surface area contributed by atoms with Gasteiger partial charge < -0.3 is 10.4 Å². The van der Waals surface area contributed by atoms with E-state index in [-0.39, 0.29) is 29.5 Å². The van der Waals surface area contributed by atoms with Gasteiger partial charge in [-0.1, -0.05) is 42.5 Å². The first-order valence-corrected chi connectivity index (χ1v) is 7.28. The summed E-state index contributed by atoms with van der Waals surface area (Å²) in [5.74, 6) is -0.575. The largest absolute Gasteiger partial charge is 0.506 e. The standard InChI is InChI=1S/C18H14N2O4/c21-17-9-8-14(20(23)24)11-16(17)19-18(22)10-13-6-3-5-12-4-1-2-7-15(12)13/h1-9,11,21H,10H2,(H,19,22). The zero-order valence-electron chi connectivity index (χ0n) is 12.6. The van der Waals surface area contributed by atoms with Gasteiger partial charge in [0.05, 0.1) is 17.0 Å². The smallest absolute Gasteiger partial charge is 0.271 e. The van der Waals surface area contributed by atoms with Gasteiger partial charge >= 0.3 is 0 Å². The number of nitro groups is 1. The molecule has 0 saturated carbocycles. The van der Waals surface area contributed by atoms with E-state index in [9.17, 15) is 20.0 Å². The van der Waals surface area contributed by atoms with Crippen molar-refractivity contribution in [3.63, 3.8) is 0 Å². The van der Waals surface area contributed by atoms with Crippen molar-refractivity contribution in [3.8, 4) is 5.75 Å². The zero-order valence-corrected chi connectivity index (χ0v) is 12.6. The Bertz CT molecular complexity index is 932. The number of nitro benzene ring substituents is 1. The first kappa shape index (κ1) is 15.5. The van der Waals surface area contributed by atoms with E-state index in [1.54, 1.807) is 0 Å². The number of carbonyl (C=O) groups excluding carboxylic acids is 1. The van der Waals surface area contributed by atoms with Gasteiger partial charge in [-0.2, -0.15) is 0 Å². The molecule has 2 N–H and O–H groups in total. The van der Waals surface area contributed by atoms with Crippen LogP contribution in [0.1, 0.15) is 5.56 Å². The number of hydrogen-bond donors (Lipinski definition) is 2. The van der Waals surface area contributed by atoms with Crippen LogP contribution in [0.5, 0.6) is 5.75 Å². The summed E-state index contributed by atoms with van der Waals surface area (Å²) in [6.45, 7) is 0. The van der Waals surface area contributed by atoms with Gasteiger partial charge in [0.15, 0.2) is 0 Å². The Morgan fingerprint density at radius 3 is 2.62 bits per heavy atom. The maximum atomic E-state index is 12.3. The average Bonchev–Trinajstić information content (AvgIpc) is 2.57. The van der Waals surface area contributed by atoms with Crippen LogP contribution in [0.2, 0.25) is 0 Å². The normalized spacial score (nSPS) is 10.5. The molecule has 3 aromatic rings. The highest BCUT2D eigenvalue weighted by Gasteiger charge is 2.13. The molecule has 6 nitrogen and oxygen atoms in total. The number of phenolic OH excluding ortho intramolecular Hbond substituents is 1. The van der Waals surface area contributed by atoms with Crippen LogP contribution in [0.4, 0.5) is 11.4 Å². The van der Waals surface area contributed by atoms with Crippen LogP contribution in [0, 0.1) is 10.1 Å². The summed E-state index contributed by atoms with van der Waals surface area (Å²) in [4.78, 5) is 22.5. The number of rotatable bonds is 4. The third-order valence-electron chi connectivity index (χ3n) is 3.70. The van der Waals surface area contributed by atoms with Crippen molar-refractivity contribution in [1.29, 1.82) is 0 Å². The highest BCUT2D eigenvalue weighted by Crippen LogP contribution is 2.28. The van der Waals surface area contributed by atoms with Crippen molar-refractivity contribution in [1.82, 2.24) is 0 Å². The molecule has 3 rings (SSSR count). The number of fused-ring (bicyclic) bond motifs is 1. The van der Waals surface area contributed by atoms with Crippen molar-refractivity contribution in [2.24, 2.45) is 0 Å². The van der Waals surface area contributed by atoms with E-state index in [2.05, 4.69) is 5.32 Å². The van der Waals surface area contributed by atoms with Gasteiger partial charge in [0.2, 0.25) is 5.91 Å². The molecule has 0 heterocycles. The number of carbonyl (C=O) groups is 1. The lowest BCUT2D eigenvalue weighted by molar-refractivity contribution is -0.384. The quantitative estimate of drug-likeness (QED) is 0.436. The van der Waals surface area contributed by atoms with E-state index < -0.39 is 4.92 Å². The van der Waals surface area contributed by atoms with Crippen molar-refractivity contribution in [2.45, 2.75) is 6.42 Å². The van der Waals surface area contributed by atoms with E-state index in [0.29, 0.717) is 0 Å². The monoisotopic (exact) mass is 322 g/mol. The average molecular weight is 322 g/mol. The predicted octanol–water partition coefficient (Wildman–Crippen LogP) is 3.63. The van der Waals surface area contributed by atoms with E-state index in [4.69, 9.17) is 0 Å². The van der Waals surface area contributed by atoms with Crippen molar-refractivity contribution in [2.75, 3.05) is 5.32 Å². The van der Waals surface area contributed by atoms with Crippen LogP contribution >= 0.6 is 0 Å². The second-order valence-corrected chi connectivity index (χ2v) is 5.32. The maximum Gasteiger partial charge on any atom is 0.271 e. The lowest BCUT2D eigenvalue weighted by Crippen LogP contribution is -2.14.